The zero-order valence-corrected chi connectivity index (χ0v) is 15.4. The molecule has 0 bridgehead atoms. The van der Waals surface area contributed by atoms with Gasteiger partial charge in [0.2, 0.25) is 5.91 Å². The first-order chi connectivity index (χ1) is 12.2. The summed E-state index contributed by atoms with van der Waals surface area (Å²) in [6, 6.07) is 5.43. The van der Waals surface area contributed by atoms with Crippen molar-refractivity contribution in [1.82, 2.24) is 14.5 Å². The molecule has 1 aliphatic heterocycles. The molecule has 0 saturated carbocycles. The summed E-state index contributed by atoms with van der Waals surface area (Å²) in [5.74, 6) is -1.64. The monoisotopic (exact) mass is 381 g/mol. The van der Waals surface area contributed by atoms with Crippen LogP contribution in [-0.2, 0) is 19.6 Å². The minimum absolute atomic E-state index is 0.0952. The van der Waals surface area contributed by atoms with Gasteiger partial charge in [-0.15, -0.1) is 0 Å². The number of sulfonamides is 1. The number of benzene rings is 1. The van der Waals surface area contributed by atoms with Gasteiger partial charge in [0.1, 0.15) is 10.7 Å². The number of ether oxygens (including phenoxy) is 1. The first kappa shape index (κ1) is 18.5. The number of rotatable bonds is 4. The van der Waals surface area contributed by atoms with Crippen LogP contribution in [0.1, 0.15) is 20.8 Å². The number of nitrogens with one attached hydrogen (secondary N) is 1. The maximum atomic E-state index is 13.0. The molecule has 1 aliphatic rings. The molecular weight excluding hydrogens is 361 g/mol. The zero-order valence-electron chi connectivity index (χ0n) is 14.6. The molecule has 1 N–H and O–H groups in total. The fourth-order valence-electron chi connectivity index (χ4n) is 3.16. The van der Waals surface area contributed by atoms with E-state index in [1.807, 2.05) is 13.8 Å². The summed E-state index contributed by atoms with van der Waals surface area (Å²) in [5.41, 5.74) is 0.499. The maximum Gasteiger partial charge on any atom is 0.267 e. The topological polar surface area (TPSA) is 90.3 Å². The van der Waals surface area contributed by atoms with Gasteiger partial charge in [0.25, 0.3) is 10.0 Å². The predicted molar refractivity (Wildman–Crippen MR) is 91.5 cm³/mol. The Morgan fingerprint density at radius 2 is 1.85 bits per heavy atom. The second kappa shape index (κ2) is 6.81. The molecule has 0 spiro atoms. The van der Waals surface area contributed by atoms with Crippen molar-refractivity contribution in [3.8, 4) is 5.69 Å². The van der Waals surface area contributed by atoms with E-state index in [0.717, 1.165) is 6.20 Å². The quantitative estimate of drug-likeness (QED) is 0.873. The normalized spacial score (nSPS) is 26.0. The molecule has 0 aliphatic carbocycles. The summed E-state index contributed by atoms with van der Waals surface area (Å²) in [7, 11) is -4.07. The van der Waals surface area contributed by atoms with Gasteiger partial charge in [-0.05, 0) is 44.0 Å². The predicted octanol–water partition coefficient (Wildman–Crippen LogP) is 1.88. The molecule has 4 atom stereocenters. The van der Waals surface area contributed by atoms with Crippen LogP contribution in [0.4, 0.5) is 4.39 Å². The highest BCUT2D eigenvalue weighted by molar-refractivity contribution is 7.90. The first-order valence-corrected chi connectivity index (χ1v) is 9.70. The van der Waals surface area contributed by atoms with E-state index in [2.05, 4.69) is 9.82 Å². The minimum atomic E-state index is -4.07. The van der Waals surface area contributed by atoms with E-state index in [1.165, 1.54) is 35.1 Å². The molecular formula is C17H20FN3O4S. The summed E-state index contributed by atoms with van der Waals surface area (Å²) in [5, 5.41) is 3.97. The number of nitrogens with zero attached hydrogens (tertiary/aromatic N) is 2. The van der Waals surface area contributed by atoms with Gasteiger partial charge < -0.3 is 4.74 Å². The SMILES string of the molecule is CC1OC(C)C(C(=O)NS(=O)(=O)c2cnn(-c3ccc(F)cc3)c2)C1C. The summed E-state index contributed by atoms with van der Waals surface area (Å²) >= 11 is 0. The average molecular weight is 381 g/mol. The van der Waals surface area contributed by atoms with Crippen LogP contribution in [0.25, 0.3) is 5.69 Å². The van der Waals surface area contributed by atoms with Crippen LogP contribution in [0, 0.1) is 17.7 Å². The van der Waals surface area contributed by atoms with Crippen molar-refractivity contribution < 1.29 is 22.3 Å². The highest BCUT2D eigenvalue weighted by Gasteiger charge is 2.42. The Labute approximate surface area is 151 Å². The fraction of sp³-hybridized carbons (Fsp3) is 0.412. The van der Waals surface area contributed by atoms with Gasteiger partial charge in [0, 0.05) is 0 Å². The van der Waals surface area contributed by atoms with Crippen LogP contribution in [0.5, 0.6) is 0 Å². The van der Waals surface area contributed by atoms with E-state index in [4.69, 9.17) is 4.74 Å². The van der Waals surface area contributed by atoms with Crippen LogP contribution in [0.15, 0.2) is 41.6 Å². The van der Waals surface area contributed by atoms with Crippen molar-refractivity contribution in [2.75, 3.05) is 0 Å². The molecule has 3 rings (SSSR count). The van der Waals surface area contributed by atoms with E-state index in [9.17, 15) is 17.6 Å². The van der Waals surface area contributed by atoms with E-state index < -0.39 is 27.7 Å². The van der Waals surface area contributed by atoms with Crippen LogP contribution >= 0.6 is 0 Å². The van der Waals surface area contributed by atoms with Gasteiger partial charge >= 0.3 is 0 Å². The van der Waals surface area contributed by atoms with Crippen LogP contribution in [0.3, 0.4) is 0 Å². The van der Waals surface area contributed by atoms with Crippen LogP contribution in [0.2, 0.25) is 0 Å². The second-order valence-corrected chi connectivity index (χ2v) is 8.18. The maximum absolute atomic E-state index is 13.0. The van der Waals surface area contributed by atoms with Gasteiger partial charge in [-0.2, -0.15) is 5.10 Å². The van der Waals surface area contributed by atoms with Crippen LogP contribution < -0.4 is 4.72 Å². The molecule has 140 valence electrons. The lowest BCUT2D eigenvalue weighted by Crippen LogP contribution is -2.40. The van der Waals surface area contributed by atoms with Crippen molar-refractivity contribution in [3.63, 3.8) is 0 Å². The van der Waals surface area contributed by atoms with Gasteiger partial charge in [0.15, 0.2) is 0 Å². The molecule has 4 unspecified atom stereocenters. The smallest absolute Gasteiger partial charge is 0.267 e. The molecule has 9 heteroatoms. The third-order valence-electron chi connectivity index (χ3n) is 4.74. The number of amides is 1. The van der Waals surface area contributed by atoms with Gasteiger partial charge in [-0.25, -0.2) is 22.2 Å². The van der Waals surface area contributed by atoms with E-state index in [0.29, 0.717) is 5.69 Å². The number of halogens is 1. The highest BCUT2D eigenvalue weighted by atomic mass is 32.2. The Balaban J connectivity index is 1.78. The lowest BCUT2D eigenvalue weighted by molar-refractivity contribution is -0.125. The number of carbonyl (C=O) groups is 1. The fourth-order valence-corrected chi connectivity index (χ4v) is 4.10. The van der Waals surface area contributed by atoms with E-state index in [-0.39, 0.29) is 23.0 Å². The Morgan fingerprint density at radius 3 is 2.42 bits per heavy atom. The second-order valence-electron chi connectivity index (χ2n) is 6.50. The molecule has 2 heterocycles. The highest BCUT2D eigenvalue weighted by Crippen LogP contribution is 2.32. The molecule has 1 amide bonds. The molecule has 0 radical (unpaired) electrons. The molecule has 1 fully saturated rings. The third kappa shape index (κ3) is 3.49. The lowest BCUT2D eigenvalue weighted by atomic mass is 9.89. The van der Waals surface area contributed by atoms with Crippen molar-refractivity contribution in [2.24, 2.45) is 11.8 Å². The number of hydrogen-bond donors (Lipinski definition) is 1. The van der Waals surface area contributed by atoms with Gasteiger partial charge in [-0.3, -0.25) is 4.79 Å². The Kier molecular flexibility index (Phi) is 4.85. The largest absolute Gasteiger partial charge is 0.374 e. The van der Waals surface area contributed by atoms with E-state index >= 15 is 0 Å². The zero-order chi connectivity index (χ0) is 19.1. The van der Waals surface area contributed by atoms with Crippen molar-refractivity contribution >= 4 is 15.9 Å². The molecule has 7 nitrogen and oxygen atoms in total. The lowest BCUT2D eigenvalue weighted by Gasteiger charge is -2.17. The standard InChI is InChI=1S/C17H20FN3O4S/c1-10-11(2)25-12(3)16(10)17(22)20-26(23,24)15-8-19-21(9-15)14-6-4-13(18)5-7-14/h4-12,16H,1-3H3,(H,20,22). The van der Waals surface area contributed by atoms with Crippen molar-refractivity contribution in [3.05, 3.63) is 42.5 Å². The summed E-state index contributed by atoms with van der Waals surface area (Å²) in [4.78, 5) is 12.3. The van der Waals surface area contributed by atoms with E-state index in [1.54, 1.807) is 6.92 Å². The van der Waals surface area contributed by atoms with Crippen molar-refractivity contribution in [2.45, 2.75) is 37.9 Å². The molecule has 1 aromatic heterocycles. The van der Waals surface area contributed by atoms with Crippen molar-refractivity contribution in [1.29, 1.82) is 0 Å². The molecule has 2 aromatic rings. The average Bonchev–Trinajstić information content (AvgIpc) is 3.14. The summed E-state index contributed by atoms with van der Waals surface area (Å²) in [6.07, 6.45) is 1.92. The molecule has 1 aromatic carbocycles. The number of hydrogen-bond acceptors (Lipinski definition) is 5. The van der Waals surface area contributed by atoms with Gasteiger partial charge in [0.05, 0.1) is 36.2 Å². The molecule has 26 heavy (non-hydrogen) atoms. The Bertz CT molecular complexity index is 910. The summed E-state index contributed by atoms with van der Waals surface area (Å²) < 4.78 is 47.0. The molecule has 1 saturated heterocycles. The minimum Gasteiger partial charge on any atom is -0.374 e. The number of aromatic nitrogens is 2. The van der Waals surface area contributed by atoms with Crippen LogP contribution in [-0.4, -0.2) is 36.3 Å². The van der Waals surface area contributed by atoms with Gasteiger partial charge in [-0.1, -0.05) is 6.92 Å². The third-order valence-corrected chi connectivity index (χ3v) is 6.04. The first-order valence-electron chi connectivity index (χ1n) is 8.22. The Hall–Kier alpha value is -2.26. The number of carbonyl (C=O) groups excluding carboxylic acids is 1. The summed E-state index contributed by atoms with van der Waals surface area (Å²) in [6.45, 7) is 5.47. The Morgan fingerprint density at radius 1 is 1.19 bits per heavy atom.